The van der Waals surface area contributed by atoms with Crippen molar-refractivity contribution in [2.24, 2.45) is 0 Å². The van der Waals surface area contributed by atoms with Crippen molar-refractivity contribution in [2.45, 2.75) is 44.6 Å². The zero-order valence-electron chi connectivity index (χ0n) is 19.7. The second-order valence-corrected chi connectivity index (χ2v) is 10.5. The summed E-state index contributed by atoms with van der Waals surface area (Å²) in [4.78, 5) is 32.0. The van der Waals surface area contributed by atoms with Crippen LogP contribution in [0.1, 0.15) is 23.6 Å². The molecular weight excluding hydrogens is 462 g/mol. The number of aromatic nitrogens is 2. The fourth-order valence-electron chi connectivity index (χ4n) is 4.03. The van der Waals surface area contributed by atoms with Crippen molar-refractivity contribution in [1.82, 2.24) is 9.55 Å². The molecule has 1 unspecified atom stereocenters. The highest BCUT2D eigenvalue weighted by atomic mass is 32.2. The van der Waals surface area contributed by atoms with Crippen molar-refractivity contribution in [1.29, 1.82) is 0 Å². The van der Waals surface area contributed by atoms with Crippen molar-refractivity contribution in [3.63, 3.8) is 0 Å². The maximum atomic E-state index is 13.5. The molecule has 0 saturated heterocycles. The normalized spacial score (nSPS) is 12.0. The summed E-state index contributed by atoms with van der Waals surface area (Å²) in [5.41, 5.74) is 5.79. The molecule has 2 aromatic heterocycles. The van der Waals surface area contributed by atoms with Crippen LogP contribution in [-0.2, 0) is 11.3 Å². The second-order valence-electron chi connectivity index (χ2n) is 8.32. The van der Waals surface area contributed by atoms with E-state index in [2.05, 4.69) is 24.0 Å². The van der Waals surface area contributed by atoms with Gasteiger partial charge in [-0.25, -0.2) is 4.98 Å². The Hall–Kier alpha value is -3.16. The van der Waals surface area contributed by atoms with Gasteiger partial charge in [-0.05, 0) is 44.4 Å². The largest absolute Gasteiger partial charge is 0.325 e. The van der Waals surface area contributed by atoms with Crippen LogP contribution in [0.5, 0.6) is 0 Å². The van der Waals surface area contributed by atoms with Gasteiger partial charge in [-0.1, -0.05) is 65.9 Å². The second kappa shape index (κ2) is 9.99. The number of hydrogen-bond donors (Lipinski definition) is 1. The van der Waals surface area contributed by atoms with E-state index >= 15 is 0 Å². The van der Waals surface area contributed by atoms with Crippen LogP contribution in [0.15, 0.2) is 70.5 Å². The number of thioether (sulfide) groups is 1. The van der Waals surface area contributed by atoms with Crippen molar-refractivity contribution in [2.75, 3.05) is 5.32 Å². The third-order valence-electron chi connectivity index (χ3n) is 5.63. The third kappa shape index (κ3) is 4.72. The Bertz CT molecular complexity index is 1410. The van der Waals surface area contributed by atoms with Crippen molar-refractivity contribution in [3.05, 3.63) is 87.5 Å². The lowest BCUT2D eigenvalue weighted by Gasteiger charge is -2.17. The lowest BCUT2D eigenvalue weighted by Crippen LogP contribution is -2.27. The Labute approximate surface area is 207 Å². The molecule has 1 N–H and O–H groups in total. The first-order chi connectivity index (χ1) is 16.3. The zero-order chi connectivity index (χ0) is 24.4. The van der Waals surface area contributed by atoms with Crippen LogP contribution >= 0.6 is 23.1 Å². The highest BCUT2D eigenvalue weighted by Crippen LogP contribution is 2.33. The molecule has 0 fully saturated rings. The van der Waals surface area contributed by atoms with Gasteiger partial charge >= 0.3 is 0 Å². The van der Waals surface area contributed by atoms with Crippen LogP contribution in [0.25, 0.3) is 21.3 Å². The number of fused-ring (bicyclic) bond motifs is 1. The van der Waals surface area contributed by atoms with Gasteiger partial charge in [0.25, 0.3) is 5.56 Å². The molecule has 174 valence electrons. The minimum Gasteiger partial charge on any atom is -0.325 e. The summed E-state index contributed by atoms with van der Waals surface area (Å²) in [5.74, 6) is -0.129. The molecule has 2 heterocycles. The highest BCUT2D eigenvalue weighted by molar-refractivity contribution is 8.00. The number of carbonyl (C=O) groups is 1. The number of benzene rings is 2. The summed E-state index contributed by atoms with van der Waals surface area (Å²) in [6.45, 7) is 12.0. The third-order valence-corrected chi connectivity index (χ3v) is 7.59. The van der Waals surface area contributed by atoms with Gasteiger partial charge in [0.2, 0.25) is 5.91 Å². The van der Waals surface area contributed by atoms with E-state index in [1.165, 1.54) is 23.1 Å². The molecular formula is C27H27N3O2S2. The van der Waals surface area contributed by atoms with Crippen LogP contribution in [0, 0.1) is 20.8 Å². The highest BCUT2D eigenvalue weighted by Gasteiger charge is 2.22. The van der Waals surface area contributed by atoms with Crippen LogP contribution in [0.3, 0.4) is 0 Å². The minimum absolute atomic E-state index is 0.120. The van der Waals surface area contributed by atoms with E-state index in [1.54, 1.807) is 10.6 Å². The Morgan fingerprint density at radius 1 is 1.21 bits per heavy atom. The zero-order valence-corrected chi connectivity index (χ0v) is 21.3. The van der Waals surface area contributed by atoms with E-state index < -0.39 is 5.25 Å². The molecule has 4 rings (SSSR count). The molecule has 34 heavy (non-hydrogen) atoms. The van der Waals surface area contributed by atoms with Gasteiger partial charge in [-0.3, -0.25) is 14.2 Å². The molecule has 4 aromatic rings. The number of nitrogens with zero attached hydrogens (tertiary/aromatic N) is 2. The van der Waals surface area contributed by atoms with Crippen LogP contribution in [-0.4, -0.2) is 20.7 Å². The van der Waals surface area contributed by atoms with Gasteiger partial charge in [-0.2, -0.15) is 0 Å². The van der Waals surface area contributed by atoms with Crippen molar-refractivity contribution < 1.29 is 4.79 Å². The van der Waals surface area contributed by atoms with Crippen LogP contribution in [0.4, 0.5) is 5.69 Å². The Morgan fingerprint density at radius 3 is 2.53 bits per heavy atom. The van der Waals surface area contributed by atoms with Gasteiger partial charge in [0.05, 0.1) is 10.6 Å². The lowest BCUT2D eigenvalue weighted by atomic mass is 10.1. The molecule has 0 bridgehead atoms. The summed E-state index contributed by atoms with van der Waals surface area (Å²) in [5, 5.41) is 5.70. The molecule has 0 radical (unpaired) electrons. The van der Waals surface area contributed by atoms with Crippen molar-refractivity contribution in [3.8, 4) is 11.1 Å². The fraction of sp³-hybridized carbons (Fsp3) is 0.222. The predicted octanol–water partition coefficient (Wildman–Crippen LogP) is 6.36. The standard InChI is InChI=1S/C27H27N3O2S2/c1-6-12-30-26(32)22-21(20-10-8-7-9-11-20)15-33-25(22)29-27(30)34-19(5)24(31)28-23-17(3)13-16(2)14-18(23)4/h6-11,13-15,19H,1,12H2,2-5H3,(H,28,31). The molecule has 0 spiro atoms. The molecule has 0 aliphatic carbocycles. The molecule has 0 aliphatic rings. The number of thiophene rings is 1. The molecule has 1 atom stereocenters. The number of carbonyl (C=O) groups excluding carboxylic acids is 1. The van der Waals surface area contributed by atoms with Gasteiger partial charge < -0.3 is 5.32 Å². The SMILES string of the molecule is C=CCn1c(SC(C)C(=O)Nc2c(C)cc(C)cc2C)nc2scc(-c3ccccc3)c2c1=O. The Kier molecular flexibility index (Phi) is 7.05. The molecule has 1 amide bonds. The number of hydrogen-bond acceptors (Lipinski definition) is 5. The summed E-state index contributed by atoms with van der Waals surface area (Å²) in [6.07, 6.45) is 1.68. The molecule has 5 nitrogen and oxygen atoms in total. The average Bonchev–Trinajstić information content (AvgIpc) is 3.23. The van der Waals surface area contributed by atoms with Gasteiger partial charge in [0.15, 0.2) is 5.16 Å². The van der Waals surface area contributed by atoms with E-state index in [-0.39, 0.29) is 11.5 Å². The fourth-order valence-corrected chi connectivity index (χ4v) is 5.94. The number of amides is 1. The molecule has 0 saturated carbocycles. The number of nitrogens with one attached hydrogen (secondary N) is 1. The maximum Gasteiger partial charge on any atom is 0.263 e. The smallest absolute Gasteiger partial charge is 0.263 e. The van der Waals surface area contributed by atoms with Gasteiger partial charge in [0.1, 0.15) is 4.83 Å². The first-order valence-corrected chi connectivity index (χ1v) is 12.8. The van der Waals surface area contributed by atoms with Crippen LogP contribution in [0.2, 0.25) is 0 Å². The number of rotatable bonds is 7. The van der Waals surface area contributed by atoms with Gasteiger partial charge in [-0.15, -0.1) is 17.9 Å². The summed E-state index contributed by atoms with van der Waals surface area (Å²) < 4.78 is 1.60. The van der Waals surface area contributed by atoms with E-state index in [1.807, 2.05) is 63.4 Å². The van der Waals surface area contributed by atoms with Crippen molar-refractivity contribution >= 4 is 44.9 Å². The summed E-state index contributed by atoms with van der Waals surface area (Å²) >= 11 is 2.73. The van der Waals surface area contributed by atoms with Gasteiger partial charge in [0, 0.05) is 23.2 Å². The van der Waals surface area contributed by atoms with E-state index in [9.17, 15) is 9.59 Å². The average molecular weight is 490 g/mol. The Morgan fingerprint density at radius 2 is 1.88 bits per heavy atom. The van der Waals surface area contributed by atoms with E-state index in [0.29, 0.717) is 21.9 Å². The first kappa shape index (κ1) is 24.0. The number of allylic oxidation sites excluding steroid dienone is 1. The topological polar surface area (TPSA) is 64.0 Å². The van der Waals surface area contributed by atoms with Crippen LogP contribution < -0.4 is 10.9 Å². The summed E-state index contributed by atoms with van der Waals surface area (Å²) in [7, 11) is 0. The molecule has 7 heteroatoms. The van der Waals surface area contributed by atoms with E-state index in [4.69, 9.17) is 4.98 Å². The monoisotopic (exact) mass is 489 g/mol. The number of anilines is 1. The lowest BCUT2D eigenvalue weighted by molar-refractivity contribution is -0.115. The predicted molar refractivity (Wildman–Crippen MR) is 144 cm³/mol. The quantitative estimate of drug-likeness (QED) is 0.186. The number of aryl methyl sites for hydroxylation is 3. The first-order valence-electron chi connectivity index (χ1n) is 11.0. The molecule has 0 aliphatic heterocycles. The minimum atomic E-state index is -0.450. The van der Waals surface area contributed by atoms with E-state index in [0.717, 1.165) is 33.5 Å². The summed E-state index contributed by atoms with van der Waals surface area (Å²) in [6, 6.07) is 13.9. The Balaban J connectivity index is 1.67. The molecule has 2 aromatic carbocycles. The maximum absolute atomic E-state index is 13.5.